The maximum atomic E-state index is 13.6. The molecule has 0 radical (unpaired) electrons. The molecule has 3 aromatic rings. The molecular weight excluding hydrogens is 331 g/mol. The van der Waals surface area contributed by atoms with Crippen molar-refractivity contribution in [3.05, 3.63) is 90.2 Å². The zero-order chi connectivity index (χ0) is 18.2. The molecule has 26 heavy (non-hydrogen) atoms. The molecule has 0 heterocycles. The molecule has 0 atom stereocenters. The predicted molar refractivity (Wildman–Crippen MR) is 101 cm³/mol. The number of hydrogen-bond acceptors (Lipinski definition) is 3. The Kier molecular flexibility index (Phi) is 5.83. The average molecular weight is 350 g/mol. The monoisotopic (exact) mass is 350 g/mol. The van der Waals surface area contributed by atoms with Crippen molar-refractivity contribution in [1.82, 2.24) is 0 Å². The number of ether oxygens (including phenoxy) is 1. The third-order valence-electron chi connectivity index (χ3n) is 3.71. The molecule has 0 saturated carbocycles. The smallest absolute Gasteiger partial charge is 0.243 e. The third kappa shape index (κ3) is 4.83. The Labute approximate surface area is 151 Å². The summed E-state index contributed by atoms with van der Waals surface area (Å²) < 4.78 is 19.4. The molecule has 0 aliphatic heterocycles. The lowest BCUT2D eigenvalue weighted by atomic mass is 10.2. The Morgan fingerprint density at radius 2 is 1.50 bits per heavy atom. The summed E-state index contributed by atoms with van der Waals surface area (Å²) in [5, 5.41) is 5.57. The normalized spacial score (nSPS) is 10.2. The number of benzene rings is 3. The van der Waals surface area contributed by atoms with Crippen molar-refractivity contribution >= 4 is 17.3 Å². The third-order valence-corrected chi connectivity index (χ3v) is 3.71. The minimum atomic E-state index is -0.465. The second kappa shape index (κ2) is 8.67. The minimum absolute atomic E-state index is 0.0000442. The first kappa shape index (κ1) is 17.5. The maximum absolute atomic E-state index is 13.6. The molecular formula is C21H19FN2O2. The van der Waals surface area contributed by atoms with Crippen LogP contribution in [0.15, 0.2) is 78.9 Å². The first-order chi connectivity index (χ1) is 12.7. The Bertz CT molecular complexity index is 869. The van der Waals surface area contributed by atoms with Gasteiger partial charge in [-0.15, -0.1) is 0 Å². The van der Waals surface area contributed by atoms with Crippen LogP contribution in [0.2, 0.25) is 0 Å². The number of carbonyl (C=O) groups is 1. The number of hydrogen-bond donors (Lipinski definition) is 2. The van der Waals surface area contributed by atoms with E-state index in [4.69, 9.17) is 4.74 Å². The van der Waals surface area contributed by atoms with Gasteiger partial charge in [0.1, 0.15) is 18.2 Å². The van der Waals surface area contributed by atoms with E-state index in [1.807, 2.05) is 54.6 Å². The van der Waals surface area contributed by atoms with Crippen LogP contribution in [-0.2, 0) is 11.4 Å². The molecule has 3 aromatic carbocycles. The fourth-order valence-corrected chi connectivity index (χ4v) is 2.41. The number of halogens is 1. The van der Waals surface area contributed by atoms with Gasteiger partial charge in [-0.3, -0.25) is 4.79 Å². The Morgan fingerprint density at radius 1 is 0.846 bits per heavy atom. The van der Waals surface area contributed by atoms with E-state index in [2.05, 4.69) is 10.6 Å². The van der Waals surface area contributed by atoms with E-state index >= 15 is 0 Å². The zero-order valence-electron chi connectivity index (χ0n) is 14.1. The van der Waals surface area contributed by atoms with Gasteiger partial charge in [0, 0.05) is 0 Å². The quantitative estimate of drug-likeness (QED) is 0.662. The summed E-state index contributed by atoms with van der Waals surface area (Å²) >= 11 is 0. The Balaban J connectivity index is 1.58. The number of anilines is 2. The highest BCUT2D eigenvalue weighted by Crippen LogP contribution is 2.24. The first-order valence-corrected chi connectivity index (χ1v) is 8.26. The highest BCUT2D eigenvalue weighted by Gasteiger charge is 2.08. The van der Waals surface area contributed by atoms with Gasteiger partial charge in [0.05, 0.1) is 17.9 Å². The topological polar surface area (TPSA) is 50.4 Å². The van der Waals surface area contributed by atoms with Crippen LogP contribution in [0.5, 0.6) is 5.75 Å². The molecule has 0 bridgehead atoms. The Morgan fingerprint density at radius 3 is 2.27 bits per heavy atom. The lowest BCUT2D eigenvalue weighted by molar-refractivity contribution is -0.114. The van der Waals surface area contributed by atoms with Crippen LogP contribution in [0.3, 0.4) is 0 Å². The summed E-state index contributed by atoms with van der Waals surface area (Å²) in [6.07, 6.45) is 0. The van der Waals surface area contributed by atoms with E-state index in [9.17, 15) is 9.18 Å². The van der Waals surface area contributed by atoms with Crippen LogP contribution in [0.4, 0.5) is 15.8 Å². The van der Waals surface area contributed by atoms with Gasteiger partial charge in [0.15, 0.2) is 0 Å². The molecule has 0 spiro atoms. The second-order valence-corrected chi connectivity index (χ2v) is 5.65. The molecule has 4 nitrogen and oxygen atoms in total. The van der Waals surface area contributed by atoms with Gasteiger partial charge in [-0.25, -0.2) is 4.39 Å². The predicted octanol–water partition coefficient (Wildman–Crippen LogP) is 4.46. The molecule has 0 aliphatic carbocycles. The van der Waals surface area contributed by atoms with E-state index in [1.54, 1.807) is 12.1 Å². The van der Waals surface area contributed by atoms with E-state index in [0.717, 1.165) is 5.56 Å². The second-order valence-electron chi connectivity index (χ2n) is 5.65. The number of rotatable bonds is 7. The van der Waals surface area contributed by atoms with Crippen molar-refractivity contribution in [3.63, 3.8) is 0 Å². The highest BCUT2D eigenvalue weighted by molar-refractivity contribution is 5.94. The molecule has 132 valence electrons. The summed E-state index contributed by atoms with van der Waals surface area (Å²) in [5.74, 6) is -0.157. The summed E-state index contributed by atoms with van der Waals surface area (Å²) in [4.78, 5) is 12.0. The maximum Gasteiger partial charge on any atom is 0.243 e. The number of para-hydroxylation sites is 3. The number of amides is 1. The molecule has 0 aliphatic rings. The van der Waals surface area contributed by atoms with Crippen LogP contribution in [0.1, 0.15) is 5.56 Å². The van der Waals surface area contributed by atoms with E-state index < -0.39 is 5.82 Å². The molecule has 0 unspecified atom stereocenters. The van der Waals surface area contributed by atoms with Crippen molar-refractivity contribution in [2.24, 2.45) is 0 Å². The van der Waals surface area contributed by atoms with Gasteiger partial charge in [0.25, 0.3) is 0 Å². The van der Waals surface area contributed by atoms with Crippen molar-refractivity contribution in [2.75, 3.05) is 17.2 Å². The average Bonchev–Trinajstić information content (AvgIpc) is 2.68. The summed E-state index contributed by atoms with van der Waals surface area (Å²) in [5.41, 5.74) is 1.92. The SMILES string of the molecule is O=C(CNc1ccccc1OCc1ccccc1)Nc1ccccc1F. The first-order valence-electron chi connectivity index (χ1n) is 8.26. The van der Waals surface area contributed by atoms with Gasteiger partial charge in [-0.2, -0.15) is 0 Å². The summed E-state index contributed by atoms with van der Waals surface area (Å²) in [7, 11) is 0. The van der Waals surface area contributed by atoms with Gasteiger partial charge in [-0.1, -0.05) is 54.6 Å². The fraction of sp³-hybridized carbons (Fsp3) is 0.0952. The summed E-state index contributed by atoms with van der Waals surface area (Å²) in [6.45, 7) is 0.432. The van der Waals surface area contributed by atoms with Gasteiger partial charge in [-0.05, 0) is 29.8 Å². The number of carbonyl (C=O) groups excluding carboxylic acids is 1. The van der Waals surface area contributed by atoms with Gasteiger partial charge < -0.3 is 15.4 Å². The molecule has 1 amide bonds. The van der Waals surface area contributed by atoms with Crippen LogP contribution < -0.4 is 15.4 Å². The summed E-state index contributed by atoms with van der Waals surface area (Å²) in [6, 6.07) is 23.3. The van der Waals surface area contributed by atoms with E-state index in [-0.39, 0.29) is 18.1 Å². The van der Waals surface area contributed by atoms with Crippen molar-refractivity contribution in [1.29, 1.82) is 0 Å². The lowest BCUT2D eigenvalue weighted by Gasteiger charge is -2.13. The molecule has 0 fully saturated rings. The van der Waals surface area contributed by atoms with Crippen molar-refractivity contribution in [3.8, 4) is 5.75 Å². The standard InChI is InChI=1S/C21H19FN2O2/c22-17-10-4-5-11-18(17)24-21(25)14-23-19-12-6-7-13-20(19)26-15-16-8-2-1-3-9-16/h1-13,23H,14-15H2,(H,24,25). The number of nitrogens with one attached hydrogen (secondary N) is 2. The van der Waals surface area contributed by atoms with E-state index in [1.165, 1.54) is 12.1 Å². The van der Waals surface area contributed by atoms with E-state index in [0.29, 0.717) is 18.0 Å². The minimum Gasteiger partial charge on any atom is -0.487 e. The molecule has 0 saturated heterocycles. The lowest BCUT2D eigenvalue weighted by Crippen LogP contribution is -2.22. The zero-order valence-corrected chi connectivity index (χ0v) is 14.1. The molecule has 2 N–H and O–H groups in total. The fourth-order valence-electron chi connectivity index (χ4n) is 2.41. The van der Waals surface area contributed by atoms with Gasteiger partial charge >= 0.3 is 0 Å². The van der Waals surface area contributed by atoms with Crippen molar-refractivity contribution in [2.45, 2.75) is 6.61 Å². The molecule has 0 aromatic heterocycles. The van der Waals surface area contributed by atoms with Crippen LogP contribution in [0.25, 0.3) is 0 Å². The molecule has 5 heteroatoms. The largest absolute Gasteiger partial charge is 0.487 e. The Hall–Kier alpha value is -3.34. The van der Waals surface area contributed by atoms with Crippen LogP contribution in [-0.4, -0.2) is 12.5 Å². The van der Waals surface area contributed by atoms with Crippen LogP contribution >= 0.6 is 0 Å². The van der Waals surface area contributed by atoms with Gasteiger partial charge in [0.2, 0.25) is 5.91 Å². The van der Waals surface area contributed by atoms with Crippen molar-refractivity contribution < 1.29 is 13.9 Å². The van der Waals surface area contributed by atoms with Crippen LogP contribution in [0, 0.1) is 5.82 Å². The molecule has 3 rings (SSSR count). The highest BCUT2D eigenvalue weighted by atomic mass is 19.1.